The molecule has 0 amide bonds. The van der Waals surface area contributed by atoms with Crippen LogP contribution < -0.4 is 11.2 Å². The van der Waals surface area contributed by atoms with Crippen molar-refractivity contribution in [1.29, 1.82) is 0 Å². The minimum atomic E-state index is -0.438. The SMILES string of the molecule is CSc1nc2c(c(=O)[nH]1)CN(Cc1c(Cl)c3cc(C)ccc3oc1=O)CC2. The van der Waals surface area contributed by atoms with Gasteiger partial charge >= 0.3 is 5.63 Å². The molecule has 1 aliphatic rings. The summed E-state index contributed by atoms with van der Waals surface area (Å²) in [7, 11) is 0. The summed E-state index contributed by atoms with van der Waals surface area (Å²) in [5.74, 6) is 0. The summed E-state index contributed by atoms with van der Waals surface area (Å²) in [5.41, 5.74) is 2.85. The number of aromatic amines is 1. The lowest BCUT2D eigenvalue weighted by atomic mass is 10.1. The van der Waals surface area contributed by atoms with Crippen molar-refractivity contribution < 1.29 is 4.42 Å². The van der Waals surface area contributed by atoms with Crippen molar-refractivity contribution in [2.45, 2.75) is 31.6 Å². The standard InChI is InChI=1S/C19H18ClN3O3S/c1-10-3-4-15-11(7-10)16(20)13(18(25)26-15)9-23-6-5-14-12(8-23)17(24)22-19(21-14)27-2/h3-4,7H,5-6,8-9H2,1-2H3,(H,21,22,24). The molecule has 8 heteroatoms. The Bertz CT molecular complexity index is 1160. The van der Waals surface area contributed by atoms with Crippen LogP contribution in [0, 0.1) is 6.92 Å². The van der Waals surface area contributed by atoms with E-state index in [2.05, 4.69) is 9.97 Å². The van der Waals surface area contributed by atoms with E-state index in [9.17, 15) is 9.59 Å². The van der Waals surface area contributed by atoms with E-state index in [1.54, 1.807) is 6.07 Å². The minimum absolute atomic E-state index is 0.124. The second-order valence-electron chi connectivity index (χ2n) is 6.64. The number of hydrogen-bond donors (Lipinski definition) is 1. The number of hydrogen-bond acceptors (Lipinski definition) is 6. The fraction of sp³-hybridized carbons (Fsp3) is 0.316. The molecule has 0 bridgehead atoms. The number of fused-ring (bicyclic) bond motifs is 2. The Morgan fingerprint density at radius 1 is 1.37 bits per heavy atom. The van der Waals surface area contributed by atoms with Gasteiger partial charge in [0, 0.05) is 31.4 Å². The normalized spacial score (nSPS) is 14.5. The molecule has 0 spiro atoms. The van der Waals surface area contributed by atoms with Crippen LogP contribution >= 0.6 is 23.4 Å². The van der Waals surface area contributed by atoms with Gasteiger partial charge in [-0.2, -0.15) is 0 Å². The zero-order valence-corrected chi connectivity index (χ0v) is 16.5. The molecule has 140 valence electrons. The quantitative estimate of drug-likeness (QED) is 0.411. The smallest absolute Gasteiger partial charge is 0.342 e. The van der Waals surface area contributed by atoms with E-state index in [0.717, 1.165) is 16.6 Å². The summed E-state index contributed by atoms with van der Waals surface area (Å²) < 4.78 is 5.44. The molecule has 0 radical (unpaired) electrons. The number of nitrogens with zero attached hydrogens (tertiary/aromatic N) is 2. The van der Waals surface area contributed by atoms with Gasteiger partial charge in [0.15, 0.2) is 5.16 Å². The van der Waals surface area contributed by atoms with Crippen molar-refractivity contribution in [2.24, 2.45) is 0 Å². The number of halogens is 1. The average Bonchev–Trinajstić information content (AvgIpc) is 2.66. The van der Waals surface area contributed by atoms with Gasteiger partial charge < -0.3 is 9.40 Å². The van der Waals surface area contributed by atoms with E-state index >= 15 is 0 Å². The van der Waals surface area contributed by atoms with Crippen molar-refractivity contribution in [3.63, 3.8) is 0 Å². The van der Waals surface area contributed by atoms with Crippen molar-refractivity contribution in [1.82, 2.24) is 14.9 Å². The summed E-state index contributed by atoms with van der Waals surface area (Å²) in [6.07, 6.45) is 2.53. The first kappa shape index (κ1) is 18.3. The summed E-state index contributed by atoms with van der Waals surface area (Å²) >= 11 is 7.95. The van der Waals surface area contributed by atoms with Crippen molar-refractivity contribution in [3.8, 4) is 0 Å². The van der Waals surface area contributed by atoms with Crippen molar-refractivity contribution in [3.05, 3.63) is 66.4 Å². The average molecular weight is 404 g/mol. The summed E-state index contributed by atoms with van der Waals surface area (Å²) in [6, 6.07) is 5.55. The third kappa shape index (κ3) is 3.42. The lowest BCUT2D eigenvalue weighted by Gasteiger charge is -2.27. The van der Waals surface area contributed by atoms with Gasteiger partial charge in [0.1, 0.15) is 5.58 Å². The molecule has 1 aliphatic heterocycles. The molecule has 3 heterocycles. The topological polar surface area (TPSA) is 79.2 Å². The molecule has 4 rings (SSSR count). The monoisotopic (exact) mass is 403 g/mol. The molecule has 1 N–H and O–H groups in total. The Labute approximate surface area is 164 Å². The van der Waals surface area contributed by atoms with E-state index in [0.29, 0.717) is 52.9 Å². The molecule has 0 saturated carbocycles. The van der Waals surface area contributed by atoms with Gasteiger partial charge in [0.2, 0.25) is 0 Å². The Morgan fingerprint density at radius 2 is 2.19 bits per heavy atom. The van der Waals surface area contributed by atoms with Crippen LogP contribution in [0.2, 0.25) is 5.02 Å². The molecule has 3 aromatic rings. The molecule has 0 atom stereocenters. The number of nitrogens with one attached hydrogen (secondary N) is 1. The number of rotatable bonds is 3. The first-order chi connectivity index (χ1) is 13.0. The van der Waals surface area contributed by atoms with Gasteiger partial charge in [-0.3, -0.25) is 9.69 Å². The van der Waals surface area contributed by atoms with Gasteiger partial charge in [-0.15, -0.1) is 0 Å². The molecule has 6 nitrogen and oxygen atoms in total. The Morgan fingerprint density at radius 3 is 2.96 bits per heavy atom. The number of benzene rings is 1. The van der Waals surface area contributed by atoms with Crippen LogP contribution in [0.5, 0.6) is 0 Å². The van der Waals surface area contributed by atoms with Crippen LogP contribution in [-0.4, -0.2) is 27.7 Å². The Balaban J connectivity index is 1.68. The highest BCUT2D eigenvalue weighted by Gasteiger charge is 2.23. The van der Waals surface area contributed by atoms with Crippen LogP contribution in [0.1, 0.15) is 22.4 Å². The van der Waals surface area contributed by atoms with Crippen LogP contribution in [-0.2, 0) is 19.5 Å². The van der Waals surface area contributed by atoms with Crippen molar-refractivity contribution >= 4 is 34.3 Å². The molecule has 2 aromatic heterocycles. The predicted molar refractivity (Wildman–Crippen MR) is 107 cm³/mol. The van der Waals surface area contributed by atoms with Gasteiger partial charge in [-0.05, 0) is 25.3 Å². The lowest BCUT2D eigenvalue weighted by Crippen LogP contribution is -2.36. The fourth-order valence-electron chi connectivity index (χ4n) is 3.37. The maximum absolute atomic E-state index is 12.4. The summed E-state index contributed by atoms with van der Waals surface area (Å²) in [6.45, 7) is 3.41. The van der Waals surface area contributed by atoms with Crippen LogP contribution in [0.3, 0.4) is 0 Å². The van der Waals surface area contributed by atoms with Crippen molar-refractivity contribution in [2.75, 3.05) is 12.8 Å². The predicted octanol–water partition coefficient (Wildman–Crippen LogP) is 3.12. The molecule has 0 saturated heterocycles. The number of H-pyrrole nitrogens is 1. The van der Waals surface area contributed by atoms with Gasteiger partial charge in [0.25, 0.3) is 5.56 Å². The van der Waals surface area contributed by atoms with E-state index in [-0.39, 0.29) is 5.56 Å². The molecular weight excluding hydrogens is 386 g/mol. The minimum Gasteiger partial charge on any atom is -0.422 e. The van der Waals surface area contributed by atoms with E-state index in [1.165, 1.54) is 11.8 Å². The van der Waals surface area contributed by atoms with Crippen LogP contribution in [0.25, 0.3) is 11.0 Å². The third-order valence-electron chi connectivity index (χ3n) is 4.79. The first-order valence-electron chi connectivity index (χ1n) is 8.56. The molecule has 0 fully saturated rings. The second-order valence-corrected chi connectivity index (χ2v) is 7.82. The number of thioether (sulfide) groups is 1. The Hall–Kier alpha value is -2.09. The largest absolute Gasteiger partial charge is 0.422 e. The highest BCUT2D eigenvalue weighted by atomic mass is 35.5. The van der Waals surface area contributed by atoms with Crippen LogP contribution in [0.4, 0.5) is 0 Å². The summed E-state index contributed by atoms with van der Waals surface area (Å²) in [5, 5.41) is 1.77. The molecule has 1 aromatic carbocycles. The van der Waals surface area contributed by atoms with Gasteiger partial charge in [-0.25, -0.2) is 9.78 Å². The molecule has 0 unspecified atom stereocenters. The highest BCUT2D eigenvalue weighted by Crippen LogP contribution is 2.27. The van der Waals surface area contributed by atoms with E-state index < -0.39 is 5.63 Å². The fourth-order valence-corrected chi connectivity index (χ4v) is 4.05. The second kappa shape index (κ2) is 7.14. The van der Waals surface area contributed by atoms with Crippen LogP contribution in [0.15, 0.2) is 37.4 Å². The first-order valence-corrected chi connectivity index (χ1v) is 10.2. The molecule has 0 aliphatic carbocycles. The maximum Gasteiger partial charge on any atom is 0.342 e. The zero-order valence-electron chi connectivity index (χ0n) is 15.0. The summed E-state index contributed by atoms with van der Waals surface area (Å²) in [4.78, 5) is 34.1. The van der Waals surface area contributed by atoms with Gasteiger partial charge in [0.05, 0.1) is 21.8 Å². The maximum atomic E-state index is 12.4. The Kier molecular flexibility index (Phi) is 4.84. The highest BCUT2D eigenvalue weighted by molar-refractivity contribution is 7.98. The van der Waals surface area contributed by atoms with E-state index in [4.69, 9.17) is 16.0 Å². The third-order valence-corrected chi connectivity index (χ3v) is 5.80. The molecular formula is C19H18ClN3O3S. The lowest BCUT2D eigenvalue weighted by molar-refractivity contribution is 0.238. The molecule has 27 heavy (non-hydrogen) atoms. The zero-order chi connectivity index (χ0) is 19.1. The number of aryl methyl sites for hydroxylation is 1. The van der Waals surface area contributed by atoms with E-state index in [1.807, 2.05) is 30.2 Å². The number of aromatic nitrogens is 2. The van der Waals surface area contributed by atoms with Gasteiger partial charge in [-0.1, -0.05) is 35.0 Å².